The molecule has 0 radical (unpaired) electrons. The predicted octanol–water partition coefficient (Wildman–Crippen LogP) is 4.48. The summed E-state index contributed by atoms with van der Waals surface area (Å²) in [4.78, 5) is 14.2. The van der Waals surface area contributed by atoms with Crippen molar-refractivity contribution in [1.82, 2.24) is 14.7 Å². The third-order valence-corrected chi connectivity index (χ3v) is 5.01. The molecular weight excluding hydrogens is 365 g/mol. The first kappa shape index (κ1) is 19.1. The average Bonchev–Trinajstić information content (AvgIpc) is 2.93. The quantitative estimate of drug-likeness (QED) is 0.649. The highest BCUT2D eigenvalue weighted by Crippen LogP contribution is 2.22. The van der Waals surface area contributed by atoms with Crippen molar-refractivity contribution in [2.75, 3.05) is 7.05 Å². The summed E-state index contributed by atoms with van der Waals surface area (Å²) in [5.74, 6) is -0.528. The van der Waals surface area contributed by atoms with Crippen LogP contribution in [0, 0.1) is 19.7 Å². The van der Waals surface area contributed by atoms with Gasteiger partial charge in [-0.05, 0) is 38.1 Å². The van der Waals surface area contributed by atoms with Gasteiger partial charge >= 0.3 is 0 Å². The second kappa shape index (κ2) is 7.92. The van der Waals surface area contributed by atoms with Crippen LogP contribution in [0.3, 0.4) is 0 Å². The molecule has 0 unspecified atom stereocenters. The van der Waals surface area contributed by atoms with Gasteiger partial charge in [0.1, 0.15) is 5.82 Å². The van der Waals surface area contributed by atoms with E-state index in [-0.39, 0.29) is 18.9 Å². The number of hydrogen-bond donors (Lipinski definition) is 0. The molecule has 3 aromatic rings. The van der Waals surface area contributed by atoms with Crippen LogP contribution in [0.25, 0.3) is 5.69 Å². The van der Waals surface area contributed by atoms with Gasteiger partial charge in [0, 0.05) is 35.4 Å². The number of carbonyl (C=O) groups excluding carboxylic acids is 1. The van der Waals surface area contributed by atoms with E-state index in [4.69, 9.17) is 11.6 Å². The molecule has 0 bridgehead atoms. The van der Waals surface area contributed by atoms with Gasteiger partial charge in [0.15, 0.2) is 0 Å². The standard InChI is InChI=1S/C21H21ClFN3O/c1-14-17(15(2)26(24-14)16-8-5-4-6-9-16)12-21(27)25(3)13-18-19(22)10-7-11-20(18)23/h4-11H,12-13H2,1-3H3. The van der Waals surface area contributed by atoms with Gasteiger partial charge in [-0.1, -0.05) is 35.9 Å². The number of halogens is 2. The lowest BCUT2D eigenvalue weighted by atomic mass is 10.1. The van der Waals surface area contributed by atoms with Crippen molar-refractivity contribution < 1.29 is 9.18 Å². The van der Waals surface area contributed by atoms with Gasteiger partial charge in [-0.25, -0.2) is 9.07 Å². The van der Waals surface area contributed by atoms with Crippen LogP contribution in [0.4, 0.5) is 4.39 Å². The Morgan fingerprint density at radius 3 is 2.48 bits per heavy atom. The molecule has 0 aliphatic rings. The molecule has 27 heavy (non-hydrogen) atoms. The molecule has 0 aliphatic carbocycles. The SMILES string of the molecule is Cc1nn(-c2ccccc2)c(C)c1CC(=O)N(C)Cc1c(F)cccc1Cl. The lowest BCUT2D eigenvalue weighted by Crippen LogP contribution is -2.28. The fourth-order valence-electron chi connectivity index (χ4n) is 3.05. The van der Waals surface area contributed by atoms with Gasteiger partial charge < -0.3 is 4.90 Å². The Labute approximate surface area is 163 Å². The van der Waals surface area contributed by atoms with Gasteiger partial charge in [-0.2, -0.15) is 5.10 Å². The zero-order chi connectivity index (χ0) is 19.6. The first-order valence-corrected chi connectivity index (χ1v) is 9.03. The number of aryl methyl sites for hydroxylation is 1. The van der Waals surface area contributed by atoms with Gasteiger partial charge in [-0.15, -0.1) is 0 Å². The number of benzene rings is 2. The molecule has 0 saturated carbocycles. The average molecular weight is 386 g/mol. The summed E-state index contributed by atoms with van der Waals surface area (Å²) in [6.45, 7) is 3.96. The number of aromatic nitrogens is 2. The van der Waals surface area contributed by atoms with E-state index in [9.17, 15) is 9.18 Å². The number of rotatable bonds is 5. The first-order chi connectivity index (χ1) is 12.9. The van der Waals surface area contributed by atoms with Gasteiger partial charge in [-0.3, -0.25) is 4.79 Å². The molecule has 140 valence electrons. The summed E-state index contributed by atoms with van der Waals surface area (Å²) in [5.41, 5.74) is 3.88. The molecule has 6 heteroatoms. The van der Waals surface area contributed by atoms with Crippen LogP contribution < -0.4 is 0 Å². The van der Waals surface area contributed by atoms with E-state index in [0.717, 1.165) is 22.6 Å². The maximum atomic E-state index is 14.0. The van der Waals surface area contributed by atoms with Crippen molar-refractivity contribution in [3.8, 4) is 5.69 Å². The Hall–Kier alpha value is -2.66. The third-order valence-electron chi connectivity index (χ3n) is 4.65. The van der Waals surface area contributed by atoms with E-state index < -0.39 is 5.82 Å². The molecule has 1 aromatic heterocycles. The molecule has 1 amide bonds. The Kier molecular flexibility index (Phi) is 5.61. The van der Waals surface area contributed by atoms with Crippen LogP contribution in [0.5, 0.6) is 0 Å². The Balaban J connectivity index is 1.79. The first-order valence-electron chi connectivity index (χ1n) is 8.66. The molecule has 1 heterocycles. The number of carbonyl (C=O) groups is 1. The molecule has 0 N–H and O–H groups in total. The summed E-state index contributed by atoms with van der Waals surface area (Å²) < 4.78 is 15.8. The lowest BCUT2D eigenvalue weighted by Gasteiger charge is -2.18. The minimum atomic E-state index is -0.411. The Morgan fingerprint density at radius 1 is 1.11 bits per heavy atom. The van der Waals surface area contributed by atoms with Crippen LogP contribution in [0.15, 0.2) is 48.5 Å². The molecular formula is C21H21ClFN3O. The van der Waals surface area contributed by atoms with Crippen LogP contribution in [0.1, 0.15) is 22.5 Å². The van der Waals surface area contributed by atoms with E-state index >= 15 is 0 Å². The second-order valence-electron chi connectivity index (χ2n) is 6.52. The minimum Gasteiger partial charge on any atom is -0.341 e. The Morgan fingerprint density at radius 2 is 1.81 bits per heavy atom. The topological polar surface area (TPSA) is 38.1 Å². The highest BCUT2D eigenvalue weighted by Gasteiger charge is 2.19. The van der Waals surface area contributed by atoms with E-state index in [1.54, 1.807) is 19.2 Å². The molecule has 0 fully saturated rings. The van der Waals surface area contributed by atoms with Gasteiger partial charge in [0.25, 0.3) is 0 Å². The van der Waals surface area contributed by atoms with Crippen molar-refractivity contribution in [3.63, 3.8) is 0 Å². The highest BCUT2D eigenvalue weighted by molar-refractivity contribution is 6.31. The number of likely N-dealkylation sites (N-methyl/N-ethyl adjacent to an activating group) is 1. The summed E-state index contributed by atoms with van der Waals surface area (Å²) in [5, 5.41) is 4.89. The minimum absolute atomic E-state index is 0.117. The summed E-state index contributed by atoms with van der Waals surface area (Å²) in [6.07, 6.45) is 0.201. The van der Waals surface area contributed by atoms with E-state index in [1.165, 1.54) is 11.0 Å². The fourth-order valence-corrected chi connectivity index (χ4v) is 3.27. The number of hydrogen-bond acceptors (Lipinski definition) is 2. The van der Waals surface area contributed by atoms with Crippen molar-refractivity contribution in [1.29, 1.82) is 0 Å². The maximum absolute atomic E-state index is 14.0. The Bertz CT molecular complexity index is 949. The van der Waals surface area contributed by atoms with E-state index in [2.05, 4.69) is 5.10 Å². The lowest BCUT2D eigenvalue weighted by molar-refractivity contribution is -0.129. The monoisotopic (exact) mass is 385 g/mol. The van der Waals surface area contributed by atoms with Crippen molar-refractivity contribution in [2.45, 2.75) is 26.8 Å². The molecule has 0 atom stereocenters. The third kappa shape index (κ3) is 4.03. The van der Waals surface area contributed by atoms with Crippen LogP contribution in [0.2, 0.25) is 5.02 Å². The van der Waals surface area contributed by atoms with Crippen LogP contribution in [-0.4, -0.2) is 27.6 Å². The van der Waals surface area contributed by atoms with Crippen LogP contribution >= 0.6 is 11.6 Å². The van der Waals surface area contributed by atoms with E-state index in [1.807, 2.05) is 48.9 Å². The fraction of sp³-hybridized carbons (Fsp3) is 0.238. The molecule has 3 rings (SSSR count). The van der Waals surface area contributed by atoms with Crippen LogP contribution in [-0.2, 0) is 17.8 Å². The smallest absolute Gasteiger partial charge is 0.227 e. The molecule has 0 saturated heterocycles. The normalized spacial score (nSPS) is 10.9. The number of nitrogens with zero attached hydrogens (tertiary/aromatic N) is 3. The molecule has 0 aliphatic heterocycles. The summed E-state index contributed by atoms with van der Waals surface area (Å²) in [7, 11) is 1.65. The van der Waals surface area contributed by atoms with Crippen molar-refractivity contribution in [2.24, 2.45) is 0 Å². The maximum Gasteiger partial charge on any atom is 0.227 e. The zero-order valence-electron chi connectivity index (χ0n) is 15.5. The summed E-state index contributed by atoms with van der Waals surface area (Å²) >= 11 is 6.07. The van der Waals surface area contributed by atoms with E-state index in [0.29, 0.717) is 10.6 Å². The second-order valence-corrected chi connectivity index (χ2v) is 6.93. The van der Waals surface area contributed by atoms with Crippen molar-refractivity contribution >= 4 is 17.5 Å². The van der Waals surface area contributed by atoms with Gasteiger partial charge in [0.05, 0.1) is 17.8 Å². The van der Waals surface area contributed by atoms with Crippen molar-refractivity contribution in [3.05, 3.63) is 81.9 Å². The molecule has 4 nitrogen and oxygen atoms in total. The van der Waals surface area contributed by atoms with Gasteiger partial charge in [0.2, 0.25) is 5.91 Å². The number of para-hydroxylation sites is 1. The largest absolute Gasteiger partial charge is 0.341 e. The summed E-state index contributed by atoms with van der Waals surface area (Å²) in [6, 6.07) is 14.3. The highest BCUT2D eigenvalue weighted by atomic mass is 35.5. The molecule has 0 spiro atoms. The predicted molar refractivity (Wildman–Crippen MR) is 105 cm³/mol. The zero-order valence-corrected chi connectivity index (χ0v) is 16.3. The molecule has 2 aromatic carbocycles. The number of amides is 1.